The van der Waals surface area contributed by atoms with E-state index < -0.39 is 0 Å². The van der Waals surface area contributed by atoms with Gasteiger partial charge in [0.05, 0.1) is 5.69 Å². The highest BCUT2D eigenvalue weighted by molar-refractivity contribution is 5.57. The molecule has 0 spiro atoms. The molecular formula is C12H13N3O. The lowest BCUT2D eigenvalue weighted by atomic mass is 10.2. The van der Waals surface area contributed by atoms with Crippen LogP contribution >= 0.6 is 0 Å². The van der Waals surface area contributed by atoms with Gasteiger partial charge in [-0.1, -0.05) is 12.1 Å². The van der Waals surface area contributed by atoms with E-state index in [4.69, 9.17) is 10.5 Å². The molecule has 1 aromatic heterocycles. The number of para-hydroxylation sites is 1. The Morgan fingerprint density at radius 3 is 2.69 bits per heavy atom. The van der Waals surface area contributed by atoms with Gasteiger partial charge in [0.25, 0.3) is 0 Å². The summed E-state index contributed by atoms with van der Waals surface area (Å²) in [6, 6.07) is 7.46. The third-order valence-corrected chi connectivity index (χ3v) is 2.26. The maximum atomic E-state index is 5.88. The third-order valence-electron chi connectivity index (χ3n) is 2.26. The normalized spacial score (nSPS) is 10.1. The minimum Gasteiger partial charge on any atom is -0.483 e. The molecule has 0 unspecified atom stereocenters. The van der Waals surface area contributed by atoms with Gasteiger partial charge < -0.3 is 10.5 Å². The van der Waals surface area contributed by atoms with Crippen molar-refractivity contribution in [2.75, 3.05) is 5.73 Å². The van der Waals surface area contributed by atoms with Gasteiger partial charge >= 0.3 is 0 Å². The van der Waals surface area contributed by atoms with Crippen molar-refractivity contribution in [3.05, 3.63) is 48.0 Å². The Balaban J connectivity index is 2.08. The molecule has 0 aliphatic rings. The summed E-state index contributed by atoms with van der Waals surface area (Å²) in [5.41, 5.74) is 7.55. The fourth-order valence-corrected chi connectivity index (χ4v) is 1.33. The van der Waals surface area contributed by atoms with Crippen LogP contribution < -0.4 is 10.5 Å². The van der Waals surface area contributed by atoms with Crippen LogP contribution in [0.4, 0.5) is 5.69 Å². The highest BCUT2D eigenvalue weighted by atomic mass is 16.5. The molecule has 1 aromatic carbocycles. The standard InChI is InChI=1S/C12H13N3O/c1-9-4-2-5-10(12(9)13)16-8-11-14-6-3-7-15-11/h2-7H,8,13H2,1H3. The lowest BCUT2D eigenvalue weighted by Crippen LogP contribution is -2.03. The zero-order valence-electron chi connectivity index (χ0n) is 9.05. The number of benzene rings is 1. The van der Waals surface area contributed by atoms with E-state index in [9.17, 15) is 0 Å². The molecule has 16 heavy (non-hydrogen) atoms. The molecule has 0 atom stereocenters. The Morgan fingerprint density at radius 2 is 1.94 bits per heavy atom. The molecule has 0 aliphatic carbocycles. The maximum absolute atomic E-state index is 5.88. The second-order valence-electron chi connectivity index (χ2n) is 3.44. The summed E-state index contributed by atoms with van der Waals surface area (Å²) in [4.78, 5) is 8.14. The fourth-order valence-electron chi connectivity index (χ4n) is 1.33. The van der Waals surface area contributed by atoms with Gasteiger partial charge in [0, 0.05) is 12.4 Å². The molecule has 4 nitrogen and oxygen atoms in total. The maximum Gasteiger partial charge on any atom is 0.166 e. The number of nitrogens with two attached hydrogens (primary N) is 1. The fraction of sp³-hybridized carbons (Fsp3) is 0.167. The first-order valence-corrected chi connectivity index (χ1v) is 5.01. The molecule has 2 rings (SSSR count). The van der Waals surface area contributed by atoms with Crippen LogP contribution in [0.15, 0.2) is 36.7 Å². The van der Waals surface area contributed by atoms with Gasteiger partial charge in [-0.2, -0.15) is 0 Å². The van der Waals surface area contributed by atoms with Crippen molar-refractivity contribution in [2.45, 2.75) is 13.5 Å². The lowest BCUT2D eigenvalue weighted by molar-refractivity contribution is 0.297. The van der Waals surface area contributed by atoms with Crippen molar-refractivity contribution in [3.8, 4) is 5.75 Å². The first-order valence-electron chi connectivity index (χ1n) is 5.01. The zero-order valence-corrected chi connectivity index (χ0v) is 9.05. The molecule has 0 fully saturated rings. The van der Waals surface area contributed by atoms with E-state index in [-0.39, 0.29) is 0 Å². The molecule has 0 amide bonds. The molecule has 0 bridgehead atoms. The number of hydrogen-bond acceptors (Lipinski definition) is 4. The van der Waals surface area contributed by atoms with Crippen LogP contribution in [0.3, 0.4) is 0 Å². The summed E-state index contributed by atoms with van der Waals surface area (Å²) in [5, 5.41) is 0. The molecule has 2 aromatic rings. The lowest BCUT2D eigenvalue weighted by Gasteiger charge is -2.09. The highest BCUT2D eigenvalue weighted by Gasteiger charge is 2.03. The van der Waals surface area contributed by atoms with Gasteiger partial charge in [-0.05, 0) is 24.6 Å². The second kappa shape index (κ2) is 4.61. The van der Waals surface area contributed by atoms with Crippen LogP contribution in [0.2, 0.25) is 0 Å². The van der Waals surface area contributed by atoms with Gasteiger partial charge in [-0.3, -0.25) is 0 Å². The molecule has 0 radical (unpaired) electrons. The van der Waals surface area contributed by atoms with Gasteiger partial charge in [0.1, 0.15) is 12.4 Å². The first kappa shape index (κ1) is 10.4. The van der Waals surface area contributed by atoms with Gasteiger partial charge in [0.2, 0.25) is 0 Å². The predicted octanol–water partition coefficient (Wildman–Crippen LogP) is 1.95. The van der Waals surface area contributed by atoms with Gasteiger partial charge in [0.15, 0.2) is 5.82 Å². The molecule has 0 saturated carbocycles. The smallest absolute Gasteiger partial charge is 0.166 e. The summed E-state index contributed by atoms with van der Waals surface area (Å²) >= 11 is 0. The van der Waals surface area contributed by atoms with E-state index in [1.54, 1.807) is 18.5 Å². The Labute approximate surface area is 94.1 Å². The van der Waals surface area contributed by atoms with Crippen molar-refractivity contribution in [1.29, 1.82) is 0 Å². The largest absolute Gasteiger partial charge is 0.483 e. The quantitative estimate of drug-likeness (QED) is 0.795. The molecule has 1 heterocycles. The summed E-state index contributed by atoms with van der Waals surface area (Å²) in [6.45, 7) is 2.27. The van der Waals surface area contributed by atoms with E-state index in [0.717, 1.165) is 5.56 Å². The van der Waals surface area contributed by atoms with E-state index in [1.165, 1.54) is 0 Å². The van der Waals surface area contributed by atoms with E-state index in [1.807, 2.05) is 25.1 Å². The summed E-state index contributed by atoms with van der Waals surface area (Å²) in [6.07, 6.45) is 3.37. The van der Waals surface area contributed by atoms with Crippen LogP contribution in [0.5, 0.6) is 5.75 Å². The predicted molar refractivity (Wildman–Crippen MR) is 62.0 cm³/mol. The summed E-state index contributed by atoms with van der Waals surface area (Å²) in [7, 11) is 0. The molecule has 2 N–H and O–H groups in total. The first-order chi connectivity index (χ1) is 7.77. The molecule has 4 heteroatoms. The Bertz CT molecular complexity index is 471. The number of hydrogen-bond donors (Lipinski definition) is 1. The number of aromatic nitrogens is 2. The minimum absolute atomic E-state index is 0.328. The number of anilines is 1. The Hall–Kier alpha value is -2.10. The topological polar surface area (TPSA) is 61.0 Å². The molecule has 0 aliphatic heterocycles. The van der Waals surface area contributed by atoms with Crippen molar-refractivity contribution in [1.82, 2.24) is 9.97 Å². The number of nitrogens with zero attached hydrogens (tertiary/aromatic N) is 2. The van der Waals surface area contributed by atoms with Gasteiger partial charge in [-0.15, -0.1) is 0 Å². The average Bonchev–Trinajstić information content (AvgIpc) is 2.32. The van der Waals surface area contributed by atoms with E-state index in [0.29, 0.717) is 23.9 Å². The highest BCUT2D eigenvalue weighted by Crippen LogP contribution is 2.24. The van der Waals surface area contributed by atoms with Crippen molar-refractivity contribution >= 4 is 5.69 Å². The molecule has 0 saturated heterocycles. The van der Waals surface area contributed by atoms with Crippen molar-refractivity contribution in [3.63, 3.8) is 0 Å². The minimum atomic E-state index is 0.328. The summed E-state index contributed by atoms with van der Waals surface area (Å²) in [5.74, 6) is 1.32. The van der Waals surface area contributed by atoms with E-state index in [2.05, 4.69) is 9.97 Å². The summed E-state index contributed by atoms with van der Waals surface area (Å²) < 4.78 is 5.55. The average molecular weight is 215 g/mol. The number of ether oxygens (including phenoxy) is 1. The van der Waals surface area contributed by atoms with Crippen LogP contribution in [0.25, 0.3) is 0 Å². The number of rotatable bonds is 3. The van der Waals surface area contributed by atoms with Crippen LogP contribution in [0, 0.1) is 6.92 Å². The van der Waals surface area contributed by atoms with Crippen LogP contribution in [-0.4, -0.2) is 9.97 Å². The second-order valence-corrected chi connectivity index (χ2v) is 3.44. The Kier molecular flexibility index (Phi) is 3.00. The monoisotopic (exact) mass is 215 g/mol. The Morgan fingerprint density at radius 1 is 1.19 bits per heavy atom. The molecular weight excluding hydrogens is 202 g/mol. The van der Waals surface area contributed by atoms with Gasteiger partial charge in [-0.25, -0.2) is 9.97 Å². The van der Waals surface area contributed by atoms with E-state index >= 15 is 0 Å². The van der Waals surface area contributed by atoms with Crippen molar-refractivity contribution < 1.29 is 4.74 Å². The third kappa shape index (κ3) is 2.28. The van der Waals surface area contributed by atoms with Crippen LogP contribution in [-0.2, 0) is 6.61 Å². The van der Waals surface area contributed by atoms with Crippen LogP contribution in [0.1, 0.15) is 11.4 Å². The number of nitrogen functional groups attached to an aromatic ring is 1. The molecule has 82 valence electrons. The van der Waals surface area contributed by atoms with Crippen molar-refractivity contribution in [2.24, 2.45) is 0 Å². The zero-order chi connectivity index (χ0) is 11.4. The SMILES string of the molecule is Cc1cccc(OCc2ncccn2)c1N. The number of aryl methyl sites for hydroxylation is 1.